The predicted molar refractivity (Wildman–Crippen MR) is 507 cm³/mol. The van der Waals surface area contributed by atoms with Gasteiger partial charge in [-0.25, -0.2) is 18.0 Å². The Morgan fingerprint density at radius 3 is 1.55 bits per heavy atom. The van der Waals surface area contributed by atoms with Gasteiger partial charge in [0.05, 0.1) is 87.7 Å². The van der Waals surface area contributed by atoms with E-state index in [1.54, 1.807) is 18.2 Å². The molecule has 6 saturated heterocycles. The largest absolute Gasteiger partial charge is 0.462 e. The van der Waals surface area contributed by atoms with Gasteiger partial charge < -0.3 is 65.4 Å². The Hall–Kier alpha value is -9.16. The third kappa shape index (κ3) is 22.3. The van der Waals surface area contributed by atoms with Gasteiger partial charge in [0.2, 0.25) is 0 Å². The highest BCUT2D eigenvalue weighted by atomic mass is 32.2. The van der Waals surface area contributed by atoms with Crippen molar-refractivity contribution in [3.05, 3.63) is 262 Å². The number of fused-ring (bicyclic) bond motifs is 3. The zero-order valence-electron chi connectivity index (χ0n) is 77.9. The summed E-state index contributed by atoms with van der Waals surface area (Å²) in [5.41, 5.74) is 4.49. The van der Waals surface area contributed by atoms with Gasteiger partial charge in [-0.05, 0) is 142 Å². The van der Waals surface area contributed by atoms with Gasteiger partial charge in [-0.15, -0.1) is 5.73 Å². The lowest BCUT2D eigenvalue weighted by molar-refractivity contribution is -0.385. The van der Waals surface area contributed by atoms with Crippen molar-refractivity contribution in [3.63, 3.8) is 0 Å². The number of nitro benzene ring substituents is 2. The highest BCUT2D eigenvalue weighted by Gasteiger charge is 2.66. The second-order valence-corrected chi connectivity index (χ2v) is 53.2. The molecule has 0 N–H and O–H groups in total. The molecule has 0 bridgehead atoms. The molecule has 30 heteroatoms. The Balaban J connectivity index is 0.851. The minimum atomic E-state index is -4.50. The number of nitrogens with zero attached hydrogens (tertiary/aromatic N) is 2. The molecule has 132 heavy (non-hydrogen) atoms. The van der Waals surface area contributed by atoms with Crippen LogP contribution in [0.4, 0.5) is 11.4 Å². The minimum Gasteiger partial charge on any atom is -0.462 e. The standard InChI is InChI=1S/C102H128N2O24SSi3/c1-16-66(5)59-74(126-130(17-2,18-3)19-4)54-55-82-67(6)60-75(118-82)61-89(129(113,114)76-35-25-20-26-36-76)81(105)63-86-95(127-131(101(8,9)10,77-37-27-21-28-38-77)78-39-29-22-30-40-78)96-97(123-86)98(128-132(102(11,12)13,79-41-31-23-32-42-79)80-43-33-24-34-44-80)94-84(122-96)56-53-73(119-94)62-90(106)125-93-68(7)92-87(120-88(93)65-91(115-14)116-15)64-85(124-100(108)70-47-51-72(52-48-70)104(111)112)83(121-92)57-58-117-99(107)69-45-49-71(50-46-69)103(109)110/h20-52,68,73-75,82-89,91-98H,1,6,17-19,53-65H2,2-5,7-15H3/t68-,73+,74-,75+,82-,83+,84-,85+,86+,87-,88-,89?,92-,93+,94-,95-,96-,97+,98-/m0/s1. The summed E-state index contributed by atoms with van der Waals surface area (Å²) in [6, 6.07) is 61.5. The molecule has 1 unspecified atom stereocenters. The van der Waals surface area contributed by atoms with E-state index >= 15 is 18.0 Å². The fraction of sp³-hybridized carbons (Fsp3) is 0.500. The average molecular weight is 1880 g/mol. The molecule has 19 atom stereocenters. The zero-order valence-corrected chi connectivity index (χ0v) is 81.7. The number of benzene rings is 7. The molecule has 0 aliphatic carbocycles. The second-order valence-electron chi connectivity index (χ2n) is 37.9. The molecule has 0 radical (unpaired) electrons. The van der Waals surface area contributed by atoms with Crippen molar-refractivity contribution in [2.45, 2.75) is 302 Å². The van der Waals surface area contributed by atoms with Gasteiger partial charge in [-0.2, -0.15) is 0 Å². The molecule has 26 nitrogen and oxygen atoms in total. The molecule has 6 aliphatic rings. The van der Waals surface area contributed by atoms with Crippen molar-refractivity contribution in [2.24, 2.45) is 5.92 Å². The van der Waals surface area contributed by atoms with Gasteiger partial charge in [-0.3, -0.25) is 29.8 Å². The van der Waals surface area contributed by atoms with Crippen LogP contribution in [0.5, 0.6) is 0 Å². The van der Waals surface area contributed by atoms with Gasteiger partial charge in [0, 0.05) is 82.6 Å². The van der Waals surface area contributed by atoms with Crippen LogP contribution >= 0.6 is 0 Å². The third-order valence-corrected chi connectivity index (χ3v) is 44.6. The fourth-order valence-electron chi connectivity index (χ4n) is 20.5. The Kier molecular flexibility index (Phi) is 33.2. The van der Waals surface area contributed by atoms with Crippen LogP contribution in [0.1, 0.15) is 174 Å². The van der Waals surface area contributed by atoms with E-state index in [-0.39, 0.29) is 78.6 Å². The molecular weight excluding hydrogens is 1750 g/mol. The number of ether oxygens (including phenoxy) is 11. The van der Waals surface area contributed by atoms with Gasteiger partial charge in [-0.1, -0.05) is 222 Å². The normalized spacial score (nSPS) is 25.6. The van der Waals surface area contributed by atoms with Gasteiger partial charge >= 0.3 is 17.9 Å². The summed E-state index contributed by atoms with van der Waals surface area (Å²) < 4.78 is 130. The first-order chi connectivity index (χ1) is 63.1. The highest BCUT2D eigenvalue weighted by molar-refractivity contribution is 7.92. The molecule has 13 rings (SSSR count). The molecular formula is C102H128N2O24SSi3. The Bertz CT molecular complexity index is 5170. The first-order valence-corrected chi connectivity index (χ1v) is 54.2. The number of nitro groups is 2. The lowest BCUT2D eigenvalue weighted by Crippen LogP contribution is -2.73. The van der Waals surface area contributed by atoms with E-state index in [0.29, 0.717) is 32.1 Å². The zero-order chi connectivity index (χ0) is 94.6. The maximum Gasteiger partial charge on any atom is 0.338 e. The monoisotopic (exact) mass is 1880 g/mol. The van der Waals surface area contributed by atoms with Crippen molar-refractivity contribution in [3.8, 4) is 0 Å². The Labute approximate surface area is 778 Å². The smallest absolute Gasteiger partial charge is 0.338 e. The molecule has 0 saturated carbocycles. The maximum atomic E-state index is 16.7. The van der Waals surface area contributed by atoms with E-state index in [2.05, 4.69) is 130 Å². The quantitative estimate of drug-likeness (QED) is 0.00503. The summed E-state index contributed by atoms with van der Waals surface area (Å²) >= 11 is 0. The van der Waals surface area contributed by atoms with Crippen LogP contribution in [0.2, 0.25) is 28.2 Å². The summed E-state index contributed by atoms with van der Waals surface area (Å²) in [5, 5.41) is 23.9. The highest BCUT2D eigenvalue weighted by Crippen LogP contribution is 2.50. The summed E-state index contributed by atoms with van der Waals surface area (Å²) in [6.07, 6.45) is -14.1. The number of Topliss-reactive ketones (excluding diaryl/α,β-unsaturated/α-hetero) is 1. The fourth-order valence-corrected chi connectivity index (χ4v) is 34.6. The number of methoxy groups -OCH3 is 2. The van der Waals surface area contributed by atoms with Crippen LogP contribution in [0.15, 0.2) is 235 Å². The molecule has 0 amide bonds. The molecule has 7 aromatic rings. The average Bonchev–Trinajstić information content (AvgIpc) is 1.49. The summed E-state index contributed by atoms with van der Waals surface area (Å²) in [5.74, 6) is -3.53. The SMILES string of the molecule is C=C=C(C)C[C@H](CC[C@@H]1O[C@@H](CC(C(=O)C[C@H]2O[C@H]3[C@@H](O[Si](c4ccccc4)(c4ccccc4)C(C)(C)C)[C@H]4O[C@@H](CC(=O)O[C@@H]5[C@@H](C)[C@@H]6O[C@H](CCOC(=O)c7ccc([N+](=O)[O-])cc7)[C@H](OC(=O)c7ccc([N+](=O)[O-])cc7)C[C@@H]6O[C@H]5CC(OC)OC)CC[C@@H]4O[C@H]3[C@H]2O[Si](c2ccccc2)(c2ccccc2)C(C)(C)C)S(=O)(=O)c2ccccc2)CC1=C)O[Si](CC)(CC)CC. The number of esters is 3. The number of hydrogen-bond donors (Lipinski definition) is 0. The van der Waals surface area contributed by atoms with E-state index in [1.807, 2.05) is 86.6 Å². The van der Waals surface area contributed by atoms with Crippen molar-refractivity contribution < 1.29 is 103 Å². The number of non-ortho nitro benzene ring substituents is 2. The van der Waals surface area contributed by atoms with E-state index in [0.717, 1.165) is 50.0 Å². The van der Waals surface area contributed by atoms with E-state index in [1.165, 1.54) is 74.9 Å². The summed E-state index contributed by atoms with van der Waals surface area (Å²) in [6.45, 7) is 31.8. The van der Waals surface area contributed by atoms with Crippen LogP contribution in [-0.4, -0.2) is 203 Å². The minimum absolute atomic E-state index is 0.0152. The van der Waals surface area contributed by atoms with Crippen LogP contribution in [0.25, 0.3) is 0 Å². The van der Waals surface area contributed by atoms with Crippen LogP contribution in [-0.2, 0) is 84.8 Å². The Morgan fingerprint density at radius 2 is 1.05 bits per heavy atom. The number of carbonyl (C=O) groups excluding carboxylic acids is 4. The second kappa shape index (κ2) is 43.7. The maximum absolute atomic E-state index is 16.7. The molecule has 6 aliphatic heterocycles. The topological polar surface area (TPSA) is 318 Å². The predicted octanol–water partition coefficient (Wildman–Crippen LogP) is 16.3. The van der Waals surface area contributed by atoms with Crippen LogP contribution in [0, 0.1) is 26.1 Å². The van der Waals surface area contributed by atoms with Crippen molar-refractivity contribution in [2.75, 3.05) is 20.8 Å². The third-order valence-electron chi connectivity index (χ3n) is 27.7. The molecule has 708 valence electrons. The van der Waals surface area contributed by atoms with Crippen molar-refractivity contribution in [1.82, 2.24) is 0 Å². The summed E-state index contributed by atoms with van der Waals surface area (Å²) in [7, 11) is -11.1. The first kappa shape index (κ1) is 100. The van der Waals surface area contributed by atoms with Crippen LogP contribution in [0.3, 0.4) is 0 Å². The lowest BCUT2D eigenvalue weighted by atomic mass is 9.81. The van der Waals surface area contributed by atoms with Gasteiger partial charge in [0.1, 0.15) is 54.1 Å². The number of ketones is 1. The molecule has 6 fully saturated rings. The Morgan fingerprint density at radius 1 is 0.553 bits per heavy atom. The number of carbonyl (C=O) groups is 4. The number of rotatable bonds is 40. The van der Waals surface area contributed by atoms with E-state index in [4.69, 9.17) is 65.4 Å². The van der Waals surface area contributed by atoms with Gasteiger partial charge in [0.15, 0.2) is 30.2 Å². The first-order valence-electron chi connectivity index (χ1n) is 46.3. The van der Waals surface area contributed by atoms with Crippen molar-refractivity contribution in [1.29, 1.82) is 0 Å². The molecule has 6 heterocycles. The van der Waals surface area contributed by atoms with Gasteiger partial charge in [0.25, 0.3) is 28.0 Å². The van der Waals surface area contributed by atoms with Crippen LogP contribution < -0.4 is 20.7 Å². The van der Waals surface area contributed by atoms with E-state index in [9.17, 15) is 29.8 Å². The molecule has 0 aromatic heterocycles. The van der Waals surface area contributed by atoms with Crippen molar-refractivity contribution >= 4 is 90.6 Å². The number of sulfone groups is 1. The molecule has 7 aromatic carbocycles. The lowest BCUT2D eigenvalue weighted by Gasteiger charge is -2.53. The summed E-state index contributed by atoms with van der Waals surface area (Å²) in [4.78, 5) is 81.6. The molecule has 0 spiro atoms. The van der Waals surface area contributed by atoms with E-state index < -0.39 is 200 Å². The number of hydrogen-bond acceptors (Lipinski definition) is 24.